The van der Waals surface area contributed by atoms with Crippen molar-refractivity contribution in [1.82, 2.24) is 29.6 Å². The van der Waals surface area contributed by atoms with Crippen molar-refractivity contribution in [3.63, 3.8) is 0 Å². The van der Waals surface area contributed by atoms with E-state index in [0.717, 1.165) is 42.1 Å². The molecule has 0 unspecified atom stereocenters. The van der Waals surface area contributed by atoms with E-state index in [1.807, 2.05) is 21.5 Å². The third-order valence-corrected chi connectivity index (χ3v) is 9.97. The number of H-pyrrole nitrogens is 1. The molecule has 4 aromatic rings. The van der Waals surface area contributed by atoms with Crippen LogP contribution >= 0.6 is 0 Å². The Labute approximate surface area is 282 Å². The zero-order chi connectivity index (χ0) is 33.5. The number of unbranched alkanes of at least 4 members (excludes halogenated alkanes) is 13. The van der Waals surface area contributed by atoms with E-state index >= 15 is 0 Å². The van der Waals surface area contributed by atoms with Gasteiger partial charge in [-0.1, -0.05) is 111 Å². The zero-order valence-corrected chi connectivity index (χ0v) is 30.0. The number of ether oxygens (including phenoxy) is 1. The van der Waals surface area contributed by atoms with Gasteiger partial charge in [0, 0.05) is 29.9 Å². The summed E-state index contributed by atoms with van der Waals surface area (Å²) in [5.74, 6) is 1.68. The predicted molar refractivity (Wildman–Crippen MR) is 191 cm³/mol. The number of nitrogens with zero attached hydrogens (tertiary/aromatic N) is 5. The molecule has 0 radical (unpaired) electrons. The van der Waals surface area contributed by atoms with Gasteiger partial charge in [-0.05, 0) is 43.2 Å². The van der Waals surface area contributed by atoms with Crippen molar-refractivity contribution in [1.29, 1.82) is 0 Å². The van der Waals surface area contributed by atoms with Gasteiger partial charge in [0.15, 0.2) is 5.82 Å². The molecule has 3 heterocycles. The molecule has 0 atom stereocenters. The minimum Gasteiger partial charge on any atom is -0.494 e. The monoisotopic (exact) mass is 667 g/mol. The number of hydrogen-bond donors (Lipinski definition) is 2. The molecule has 0 saturated heterocycles. The third-order valence-electron chi connectivity index (χ3n) is 8.59. The summed E-state index contributed by atoms with van der Waals surface area (Å²) >= 11 is 0. The summed E-state index contributed by atoms with van der Waals surface area (Å²) in [5, 5.41) is 16.8. The number of sulfonamides is 1. The van der Waals surface area contributed by atoms with E-state index in [1.165, 1.54) is 70.6 Å². The molecule has 0 aliphatic carbocycles. The lowest BCUT2D eigenvalue weighted by molar-refractivity contribution is 0.309. The second-order valence-electron chi connectivity index (χ2n) is 13.8. The Balaban J connectivity index is 1.10. The first-order valence-corrected chi connectivity index (χ1v) is 19.5. The fourth-order valence-electron chi connectivity index (χ4n) is 5.92. The van der Waals surface area contributed by atoms with Crippen LogP contribution in [0.15, 0.2) is 42.7 Å². The molecule has 0 amide bonds. The Morgan fingerprint density at radius 1 is 0.830 bits per heavy atom. The number of hydrogen-bond acceptors (Lipinski definition) is 6. The number of fused-ring (bicyclic) bond motifs is 1. The van der Waals surface area contributed by atoms with Gasteiger partial charge in [-0.15, -0.1) is 10.2 Å². The smallest absolute Gasteiger partial charge is 0.232 e. The van der Waals surface area contributed by atoms with E-state index in [2.05, 4.69) is 52.8 Å². The van der Waals surface area contributed by atoms with Gasteiger partial charge in [0.1, 0.15) is 11.4 Å². The van der Waals surface area contributed by atoms with Crippen LogP contribution in [0, 0.1) is 0 Å². The summed E-state index contributed by atoms with van der Waals surface area (Å²) in [4.78, 5) is 0. The molecule has 0 aliphatic heterocycles. The summed E-state index contributed by atoms with van der Waals surface area (Å²) in [6.07, 6.45) is 22.6. The van der Waals surface area contributed by atoms with E-state index in [1.54, 1.807) is 30.5 Å². The van der Waals surface area contributed by atoms with Crippen molar-refractivity contribution in [3.8, 4) is 11.4 Å². The number of aryl methyl sites for hydroxylation is 1. The molecule has 0 aliphatic rings. The van der Waals surface area contributed by atoms with Gasteiger partial charge in [0.05, 0.1) is 18.1 Å². The summed E-state index contributed by atoms with van der Waals surface area (Å²) in [5.41, 5.74) is 3.13. The highest BCUT2D eigenvalue weighted by atomic mass is 32.2. The van der Waals surface area contributed by atoms with Gasteiger partial charge in [0.25, 0.3) is 0 Å². The maximum absolute atomic E-state index is 12.6. The predicted octanol–water partition coefficient (Wildman–Crippen LogP) is 8.78. The van der Waals surface area contributed by atoms with Gasteiger partial charge in [-0.25, -0.2) is 17.6 Å². The molecule has 1 aromatic carbocycles. The standard InChI is InChI=1S/C36H57N7O3S/c1-5-6-7-8-9-10-11-12-13-14-15-16-17-18-29-47(44,45)41-30-22-24-31(25-23-30)46-28-19-21-32-38-39-35-33(42-27-20-26-37-42)34(36(2,3)4)40-43(32)35/h20,22-27,40-41H,5-19,21,28-29H2,1-4H3. The largest absolute Gasteiger partial charge is 0.494 e. The van der Waals surface area contributed by atoms with Crippen LogP contribution in [0.25, 0.3) is 11.3 Å². The van der Waals surface area contributed by atoms with Crippen LogP contribution in [0.3, 0.4) is 0 Å². The highest BCUT2D eigenvalue weighted by Gasteiger charge is 2.27. The lowest BCUT2D eigenvalue weighted by Crippen LogP contribution is -2.16. The first kappa shape index (κ1) is 36.5. The summed E-state index contributed by atoms with van der Waals surface area (Å²) < 4.78 is 37.6. The van der Waals surface area contributed by atoms with E-state index in [9.17, 15) is 8.42 Å². The van der Waals surface area contributed by atoms with Crippen LogP contribution in [0.2, 0.25) is 0 Å². The van der Waals surface area contributed by atoms with Crippen LogP contribution in [-0.4, -0.2) is 50.4 Å². The van der Waals surface area contributed by atoms with Gasteiger partial charge in [0.2, 0.25) is 15.7 Å². The molecule has 4 rings (SSSR count). The van der Waals surface area contributed by atoms with E-state index in [0.29, 0.717) is 30.9 Å². The van der Waals surface area contributed by atoms with Crippen molar-refractivity contribution in [3.05, 3.63) is 54.2 Å². The first-order chi connectivity index (χ1) is 22.7. The number of aromatic nitrogens is 6. The van der Waals surface area contributed by atoms with Crippen molar-refractivity contribution in [2.24, 2.45) is 0 Å². The lowest BCUT2D eigenvalue weighted by Gasteiger charge is -2.18. The fourth-order valence-corrected chi connectivity index (χ4v) is 7.11. The highest BCUT2D eigenvalue weighted by molar-refractivity contribution is 7.92. The summed E-state index contributed by atoms with van der Waals surface area (Å²) in [6, 6.07) is 9.01. The molecule has 10 nitrogen and oxygen atoms in total. The van der Waals surface area contributed by atoms with Gasteiger partial charge in [-0.2, -0.15) is 5.10 Å². The molecule has 3 aromatic heterocycles. The molecular weight excluding hydrogens is 611 g/mol. The van der Waals surface area contributed by atoms with Crippen LogP contribution in [0.5, 0.6) is 5.75 Å². The van der Waals surface area contributed by atoms with E-state index in [4.69, 9.17) is 4.74 Å². The molecule has 0 fully saturated rings. The average Bonchev–Trinajstić information content (AvgIpc) is 3.78. The van der Waals surface area contributed by atoms with Crippen molar-refractivity contribution in [2.45, 2.75) is 136 Å². The number of aromatic amines is 1. The number of nitrogens with one attached hydrogen (secondary N) is 2. The van der Waals surface area contributed by atoms with Gasteiger partial charge < -0.3 is 4.74 Å². The Bertz CT molecular complexity index is 1550. The fraction of sp³-hybridized carbons (Fsp3) is 0.639. The number of rotatable bonds is 23. The molecular formula is C36H57N7O3S. The Morgan fingerprint density at radius 2 is 1.45 bits per heavy atom. The minimum absolute atomic E-state index is 0.130. The second kappa shape index (κ2) is 18.3. The van der Waals surface area contributed by atoms with E-state index in [-0.39, 0.29) is 11.2 Å². The van der Waals surface area contributed by atoms with Gasteiger partial charge >= 0.3 is 0 Å². The summed E-state index contributed by atoms with van der Waals surface area (Å²) in [7, 11) is -3.37. The molecule has 260 valence electrons. The first-order valence-electron chi connectivity index (χ1n) is 17.9. The van der Waals surface area contributed by atoms with Crippen molar-refractivity contribution >= 4 is 21.4 Å². The topological polar surface area (TPSA) is 119 Å². The Hall–Kier alpha value is -3.34. The Morgan fingerprint density at radius 3 is 2.02 bits per heavy atom. The van der Waals surface area contributed by atoms with Crippen molar-refractivity contribution in [2.75, 3.05) is 17.1 Å². The molecule has 0 bridgehead atoms. The van der Waals surface area contributed by atoms with Gasteiger partial charge in [-0.3, -0.25) is 9.82 Å². The van der Waals surface area contributed by atoms with Crippen molar-refractivity contribution < 1.29 is 13.2 Å². The molecule has 47 heavy (non-hydrogen) atoms. The van der Waals surface area contributed by atoms with Crippen LogP contribution in [0.1, 0.15) is 136 Å². The normalized spacial score (nSPS) is 12.3. The number of benzene rings is 1. The number of anilines is 1. The van der Waals surface area contributed by atoms with Crippen LogP contribution < -0.4 is 9.46 Å². The minimum atomic E-state index is -3.37. The quantitative estimate of drug-likeness (QED) is 0.0764. The van der Waals surface area contributed by atoms with Crippen LogP contribution in [0.4, 0.5) is 5.69 Å². The molecule has 0 saturated carbocycles. The third kappa shape index (κ3) is 11.7. The maximum Gasteiger partial charge on any atom is 0.232 e. The Kier molecular flexibility index (Phi) is 14.2. The highest BCUT2D eigenvalue weighted by Crippen LogP contribution is 2.30. The maximum atomic E-state index is 12.6. The SMILES string of the molecule is CCCCCCCCCCCCCCCCS(=O)(=O)Nc1ccc(OCCCc2nnc3c(-n4cccn4)c(C(C)(C)C)[nH]n23)cc1. The molecule has 11 heteroatoms. The second-order valence-corrected chi connectivity index (χ2v) is 15.6. The average molecular weight is 668 g/mol. The van der Waals surface area contributed by atoms with E-state index < -0.39 is 10.0 Å². The molecule has 2 N–H and O–H groups in total. The molecule has 0 spiro atoms. The lowest BCUT2D eigenvalue weighted by atomic mass is 9.91. The van der Waals surface area contributed by atoms with Crippen LogP contribution in [-0.2, 0) is 21.9 Å². The summed E-state index contributed by atoms with van der Waals surface area (Å²) in [6.45, 7) is 9.23. The zero-order valence-electron chi connectivity index (χ0n) is 29.1.